The number of hydrogen-bond acceptors (Lipinski definition) is 2. The van der Waals surface area contributed by atoms with E-state index in [1.165, 1.54) is 0 Å². The Labute approximate surface area is 122 Å². The molecule has 2 rings (SSSR count). The fourth-order valence-corrected chi connectivity index (χ4v) is 2.63. The molecule has 0 heterocycles. The molecule has 0 saturated heterocycles. The summed E-state index contributed by atoms with van der Waals surface area (Å²) in [7, 11) is 0. The van der Waals surface area contributed by atoms with Gasteiger partial charge in [0.1, 0.15) is 6.10 Å². The summed E-state index contributed by atoms with van der Waals surface area (Å²) < 4.78 is 1.40. The molecule has 0 aliphatic heterocycles. The lowest BCUT2D eigenvalue weighted by molar-refractivity contribution is 0.0745. The maximum atomic E-state index is 12.2. The number of rotatable bonds is 3. The quantitative estimate of drug-likeness (QED) is 0.826. The monoisotopic (exact) mass is 368 g/mol. The summed E-state index contributed by atoms with van der Waals surface area (Å²) in [6, 6.07) is 14.2. The predicted octanol–water partition coefficient (Wildman–Crippen LogP) is 4.13. The van der Waals surface area contributed by atoms with Crippen molar-refractivity contribution in [2.24, 2.45) is 0 Å². The van der Waals surface area contributed by atoms with Gasteiger partial charge in [-0.15, -0.1) is 0 Å². The summed E-state index contributed by atoms with van der Waals surface area (Å²) in [4.78, 5) is 12.2. The van der Waals surface area contributed by atoms with Crippen LogP contribution in [0.1, 0.15) is 22.0 Å². The van der Waals surface area contributed by atoms with E-state index in [9.17, 15) is 9.90 Å². The molecule has 92 valence electrons. The Bertz CT molecular complexity index is 582. The summed E-state index contributed by atoms with van der Waals surface area (Å²) in [6.45, 7) is 0. The molecular weight excluding hydrogens is 360 g/mol. The summed E-state index contributed by atoms with van der Waals surface area (Å²) >= 11 is 6.64. The minimum Gasteiger partial charge on any atom is -0.380 e. The molecule has 0 fully saturated rings. The first-order valence-corrected chi connectivity index (χ1v) is 6.91. The lowest BCUT2D eigenvalue weighted by Gasteiger charge is -2.12. The molecule has 18 heavy (non-hydrogen) atoms. The number of carbonyl (C=O) groups is 1. The van der Waals surface area contributed by atoms with Crippen molar-refractivity contribution in [1.82, 2.24) is 0 Å². The van der Waals surface area contributed by atoms with Crippen LogP contribution in [0.4, 0.5) is 0 Å². The van der Waals surface area contributed by atoms with E-state index < -0.39 is 6.10 Å². The average molecular weight is 370 g/mol. The van der Waals surface area contributed by atoms with Gasteiger partial charge in [-0.2, -0.15) is 0 Å². The van der Waals surface area contributed by atoms with Gasteiger partial charge in [-0.05, 0) is 12.1 Å². The van der Waals surface area contributed by atoms with Crippen LogP contribution in [0.3, 0.4) is 0 Å². The number of aliphatic hydroxyl groups excluding tert-OH is 1. The second kappa shape index (κ2) is 5.78. The number of aliphatic hydroxyl groups is 1. The van der Waals surface area contributed by atoms with Gasteiger partial charge in [0.25, 0.3) is 0 Å². The Morgan fingerprint density at radius 3 is 2.11 bits per heavy atom. The average Bonchev–Trinajstić information content (AvgIpc) is 2.38. The number of benzene rings is 2. The van der Waals surface area contributed by atoms with Gasteiger partial charge in [-0.1, -0.05) is 68.3 Å². The lowest BCUT2D eigenvalue weighted by atomic mass is 10.0. The van der Waals surface area contributed by atoms with Crippen LogP contribution in [0, 0.1) is 0 Å². The standard InChI is InChI=1S/C14H10Br2O2/c15-11-7-3-1-5-9(11)13(17)14(18)10-6-2-4-8-12(10)16/h1-8,13,17H. The van der Waals surface area contributed by atoms with Crippen LogP contribution in [0.2, 0.25) is 0 Å². The van der Waals surface area contributed by atoms with Crippen molar-refractivity contribution in [3.8, 4) is 0 Å². The van der Waals surface area contributed by atoms with E-state index >= 15 is 0 Å². The van der Waals surface area contributed by atoms with Crippen molar-refractivity contribution in [2.45, 2.75) is 6.10 Å². The van der Waals surface area contributed by atoms with Crippen molar-refractivity contribution in [2.75, 3.05) is 0 Å². The van der Waals surface area contributed by atoms with Crippen LogP contribution >= 0.6 is 31.9 Å². The van der Waals surface area contributed by atoms with Gasteiger partial charge in [0.05, 0.1) is 0 Å². The van der Waals surface area contributed by atoms with E-state index in [1.54, 1.807) is 36.4 Å². The van der Waals surface area contributed by atoms with E-state index in [4.69, 9.17) is 0 Å². The molecule has 0 saturated carbocycles. The number of Topliss-reactive ketones (excluding diaryl/α,β-unsaturated/α-hetero) is 1. The van der Waals surface area contributed by atoms with E-state index in [-0.39, 0.29) is 5.78 Å². The third-order valence-corrected chi connectivity index (χ3v) is 4.00. The molecule has 0 radical (unpaired) electrons. The number of hydrogen-bond donors (Lipinski definition) is 1. The fraction of sp³-hybridized carbons (Fsp3) is 0.0714. The Balaban J connectivity index is 2.36. The Kier molecular flexibility index (Phi) is 4.32. The Morgan fingerprint density at radius 1 is 0.944 bits per heavy atom. The number of halogens is 2. The van der Waals surface area contributed by atoms with Crippen molar-refractivity contribution >= 4 is 37.6 Å². The molecule has 0 aromatic heterocycles. The second-order valence-corrected chi connectivity index (χ2v) is 5.48. The normalized spacial score (nSPS) is 12.2. The first kappa shape index (κ1) is 13.5. The third-order valence-electron chi connectivity index (χ3n) is 2.59. The smallest absolute Gasteiger partial charge is 0.196 e. The summed E-state index contributed by atoms with van der Waals surface area (Å²) in [5.74, 6) is -0.325. The first-order chi connectivity index (χ1) is 8.61. The Hall–Kier alpha value is -0.970. The van der Waals surface area contributed by atoms with Gasteiger partial charge in [0.2, 0.25) is 0 Å². The lowest BCUT2D eigenvalue weighted by Crippen LogP contribution is -2.13. The molecule has 1 unspecified atom stereocenters. The Morgan fingerprint density at radius 2 is 1.50 bits per heavy atom. The van der Waals surface area contributed by atoms with E-state index in [0.29, 0.717) is 15.6 Å². The van der Waals surface area contributed by atoms with Crippen molar-refractivity contribution in [3.05, 3.63) is 68.6 Å². The van der Waals surface area contributed by atoms with Crippen molar-refractivity contribution in [1.29, 1.82) is 0 Å². The fourth-order valence-electron chi connectivity index (χ4n) is 1.65. The number of ketones is 1. The van der Waals surface area contributed by atoms with Gasteiger partial charge < -0.3 is 5.11 Å². The highest BCUT2D eigenvalue weighted by atomic mass is 79.9. The second-order valence-electron chi connectivity index (χ2n) is 3.77. The summed E-state index contributed by atoms with van der Waals surface area (Å²) in [5, 5.41) is 10.1. The summed E-state index contributed by atoms with van der Waals surface area (Å²) in [6.07, 6.45) is -1.17. The minimum atomic E-state index is -1.17. The van der Waals surface area contributed by atoms with Gasteiger partial charge in [-0.3, -0.25) is 4.79 Å². The summed E-state index contributed by atoms with van der Waals surface area (Å²) in [5.41, 5.74) is 1.04. The maximum Gasteiger partial charge on any atom is 0.196 e. The van der Waals surface area contributed by atoms with Gasteiger partial charge in [0, 0.05) is 20.1 Å². The molecule has 0 aliphatic carbocycles. The van der Waals surface area contributed by atoms with Gasteiger partial charge in [0.15, 0.2) is 5.78 Å². The van der Waals surface area contributed by atoms with Crippen molar-refractivity contribution < 1.29 is 9.90 Å². The molecule has 1 N–H and O–H groups in total. The zero-order valence-corrected chi connectivity index (χ0v) is 12.5. The van der Waals surface area contributed by atoms with E-state index in [1.807, 2.05) is 12.1 Å². The molecule has 1 atom stereocenters. The molecule has 2 aromatic rings. The minimum absolute atomic E-state index is 0.325. The molecular formula is C14H10Br2O2. The van der Waals surface area contributed by atoms with Gasteiger partial charge in [-0.25, -0.2) is 0 Å². The van der Waals surface area contributed by atoms with Crippen LogP contribution in [-0.4, -0.2) is 10.9 Å². The van der Waals surface area contributed by atoms with Crippen LogP contribution in [0.15, 0.2) is 57.5 Å². The van der Waals surface area contributed by atoms with Crippen molar-refractivity contribution in [3.63, 3.8) is 0 Å². The molecule has 0 spiro atoms. The van der Waals surface area contributed by atoms with E-state index in [2.05, 4.69) is 31.9 Å². The van der Waals surface area contributed by atoms with Crippen LogP contribution in [-0.2, 0) is 0 Å². The molecule has 0 aliphatic rings. The number of carbonyl (C=O) groups excluding carboxylic acids is 1. The largest absolute Gasteiger partial charge is 0.380 e. The third kappa shape index (κ3) is 2.71. The molecule has 4 heteroatoms. The highest BCUT2D eigenvalue weighted by Crippen LogP contribution is 2.28. The van der Waals surface area contributed by atoms with E-state index in [0.717, 1.165) is 4.47 Å². The zero-order chi connectivity index (χ0) is 13.1. The highest BCUT2D eigenvalue weighted by Gasteiger charge is 2.22. The van der Waals surface area contributed by atoms with Crippen LogP contribution < -0.4 is 0 Å². The first-order valence-electron chi connectivity index (χ1n) is 5.32. The van der Waals surface area contributed by atoms with Gasteiger partial charge >= 0.3 is 0 Å². The molecule has 0 bridgehead atoms. The highest BCUT2D eigenvalue weighted by molar-refractivity contribution is 9.10. The van der Waals surface area contributed by atoms with Crippen LogP contribution in [0.5, 0.6) is 0 Å². The maximum absolute atomic E-state index is 12.2. The molecule has 0 amide bonds. The molecule has 2 aromatic carbocycles. The van der Waals surface area contributed by atoms with Crippen LogP contribution in [0.25, 0.3) is 0 Å². The molecule has 2 nitrogen and oxygen atoms in total. The zero-order valence-electron chi connectivity index (χ0n) is 9.31. The topological polar surface area (TPSA) is 37.3 Å². The predicted molar refractivity (Wildman–Crippen MR) is 77.6 cm³/mol. The SMILES string of the molecule is O=C(c1ccccc1Br)C(O)c1ccccc1Br.